The second-order valence-electron chi connectivity index (χ2n) is 4.82. The summed E-state index contributed by atoms with van der Waals surface area (Å²) in [6.45, 7) is 3.72. The molecule has 0 aromatic heterocycles. The highest BCUT2D eigenvalue weighted by atomic mass is 35.5. The quantitative estimate of drug-likeness (QED) is 0.878. The van der Waals surface area contributed by atoms with Gasteiger partial charge in [-0.15, -0.1) is 0 Å². The first-order valence-electron chi connectivity index (χ1n) is 6.37. The van der Waals surface area contributed by atoms with Gasteiger partial charge in [-0.05, 0) is 55.3 Å². The van der Waals surface area contributed by atoms with Crippen LogP contribution >= 0.6 is 23.2 Å². The highest BCUT2D eigenvalue weighted by Gasteiger charge is 2.22. The molecule has 0 saturated heterocycles. The molecule has 22 heavy (non-hydrogen) atoms. The van der Waals surface area contributed by atoms with Crippen molar-refractivity contribution in [3.05, 3.63) is 51.5 Å². The second-order valence-corrected chi connectivity index (χ2v) is 7.31. The molecular weight excluding hydrogens is 345 g/mol. The molecule has 0 heterocycles. The van der Waals surface area contributed by atoms with Crippen molar-refractivity contribution in [3.8, 4) is 5.75 Å². The van der Waals surface area contributed by atoms with Crippen LogP contribution in [0.15, 0.2) is 35.2 Å². The smallest absolute Gasteiger partial charge is 0.265 e. The Labute approximate surface area is 140 Å². The van der Waals surface area contributed by atoms with E-state index in [-0.39, 0.29) is 21.4 Å². The van der Waals surface area contributed by atoms with Crippen molar-refractivity contribution in [2.75, 3.05) is 11.8 Å². The van der Waals surface area contributed by atoms with E-state index < -0.39 is 10.0 Å². The van der Waals surface area contributed by atoms with Gasteiger partial charge in [-0.2, -0.15) is 0 Å². The van der Waals surface area contributed by atoms with Gasteiger partial charge >= 0.3 is 0 Å². The van der Waals surface area contributed by atoms with Crippen LogP contribution in [0.5, 0.6) is 5.75 Å². The predicted molar refractivity (Wildman–Crippen MR) is 89.7 cm³/mol. The van der Waals surface area contributed by atoms with Gasteiger partial charge in [0.2, 0.25) is 0 Å². The van der Waals surface area contributed by atoms with E-state index in [1.54, 1.807) is 18.2 Å². The molecule has 2 rings (SSSR count). The van der Waals surface area contributed by atoms with Crippen LogP contribution in [0.2, 0.25) is 10.0 Å². The Hall–Kier alpha value is -1.43. The summed E-state index contributed by atoms with van der Waals surface area (Å²) >= 11 is 11.9. The van der Waals surface area contributed by atoms with Gasteiger partial charge in [0.15, 0.2) is 0 Å². The average Bonchev–Trinajstić information content (AvgIpc) is 2.45. The Morgan fingerprint density at radius 3 is 2.32 bits per heavy atom. The summed E-state index contributed by atoms with van der Waals surface area (Å²) in [5.74, 6) is 0.272. The number of benzene rings is 2. The average molecular weight is 360 g/mol. The number of ether oxygens (including phenoxy) is 1. The molecule has 2 aromatic rings. The number of anilines is 1. The Balaban J connectivity index is 2.51. The van der Waals surface area contributed by atoms with Gasteiger partial charge in [0.25, 0.3) is 10.0 Å². The molecule has 7 heteroatoms. The first kappa shape index (κ1) is 16.9. The summed E-state index contributed by atoms with van der Waals surface area (Å²) in [6.07, 6.45) is 0. The molecule has 0 fully saturated rings. The van der Waals surface area contributed by atoms with Crippen molar-refractivity contribution in [2.45, 2.75) is 18.7 Å². The van der Waals surface area contributed by atoms with Crippen LogP contribution in [-0.2, 0) is 10.0 Å². The molecule has 0 atom stereocenters. The fourth-order valence-corrected chi connectivity index (χ4v) is 3.61. The van der Waals surface area contributed by atoms with E-state index in [4.69, 9.17) is 27.9 Å². The molecule has 1 N–H and O–H groups in total. The third kappa shape index (κ3) is 3.48. The Bertz CT molecular complexity index is 820. The molecule has 4 nitrogen and oxygen atoms in total. The number of sulfonamides is 1. The van der Waals surface area contributed by atoms with Gasteiger partial charge < -0.3 is 4.74 Å². The lowest BCUT2D eigenvalue weighted by Crippen LogP contribution is -2.15. The number of halogens is 2. The lowest BCUT2D eigenvalue weighted by molar-refractivity contribution is 0.402. The number of methoxy groups -OCH3 is 1. The summed E-state index contributed by atoms with van der Waals surface area (Å²) in [5, 5.41) is 0.643. The molecule has 0 bridgehead atoms. The highest BCUT2D eigenvalue weighted by molar-refractivity contribution is 7.92. The van der Waals surface area contributed by atoms with Gasteiger partial charge in [0, 0.05) is 5.02 Å². The summed E-state index contributed by atoms with van der Waals surface area (Å²) < 4.78 is 32.9. The number of hydrogen-bond acceptors (Lipinski definition) is 3. The van der Waals surface area contributed by atoms with E-state index in [1.165, 1.54) is 19.2 Å². The number of aryl methyl sites for hydroxylation is 2. The zero-order valence-electron chi connectivity index (χ0n) is 12.3. The Morgan fingerprint density at radius 1 is 1.05 bits per heavy atom. The van der Waals surface area contributed by atoms with Gasteiger partial charge in [-0.1, -0.05) is 23.2 Å². The fraction of sp³-hybridized carbons (Fsp3) is 0.200. The third-order valence-electron chi connectivity index (χ3n) is 3.24. The van der Waals surface area contributed by atoms with Crippen molar-refractivity contribution in [3.63, 3.8) is 0 Å². The third-order valence-corrected chi connectivity index (χ3v) is 5.19. The van der Waals surface area contributed by atoms with Crippen molar-refractivity contribution < 1.29 is 13.2 Å². The maximum absolute atomic E-state index is 12.6. The van der Waals surface area contributed by atoms with E-state index in [0.717, 1.165) is 11.1 Å². The minimum Gasteiger partial charge on any atom is -0.495 e. The fourth-order valence-electron chi connectivity index (χ4n) is 1.91. The zero-order chi connectivity index (χ0) is 16.5. The first-order chi connectivity index (χ1) is 10.2. The van der Waals surface area contributed by atoms with Crippen LogP contribution in [0, 0.1) is 13.8 Å². The molecule has 2 aromatic carbocycles. The highest BCUT2D eigenvalue weighted by Crippen LogP contribution is 2.32. The van der Waals surface area contributed by atoms with Crippen LogP contribution in [-0.4, -0.2) is 15.5 Å². The second kappa shape index (κ2) is 6.36. The summed E-state index contributed by atoms with van der Waals surface area (Å²) in [6, 6.07) is 7.81. The van der Waals surface area contributed by atoms with E-state index in [2.05, 4.69) is 4.72 Å². The van der Waals surface area contributed by atoms with Crippen molar-refractivity contribution >= 4 is 38.9 Å². The molecule has 0 spiro atoms. The lowest BCUT2D eigenvalue weighted by atomic mass is 10.1. The monoisotopic (exact) mass is 359 g/mol. The molecular formula is C15H15Cl2NO3S. The largest absolute Gasteiger partial charge is 0.495 e. The van der Waals surface area contributed by atoms with E-state index in [1.807, 2.05) is 13.8 Å². The Morgan fingerprint density at radius 2 is 1.68 bits per heavy atom. The SMILES string of the molecule is COc1cc(C)c(C)cc1S(=O)(=O)Nc1cc(Cl)ccc1Cl. The zero-order valence-corrected chi connectivity index (χ0v) is 14.6. The van der Waals surface area contributed by atoms with Gasteiger partial charge in [-0.3, -0.25) is 4.72 Å². The lowest BCUT2D eigenvalue weighted by Gasteiger charge is -2.14. The molecule has 0 unspecified atom stereocenters. The predicted octanol–water partition coefficient (Wildman–Crippen LogP) is 4.42. The van der Waals surface area contributed by atoms with Crippen LogP contribution in [0.1, 0.15) is 11.1 Å². The number of rotatable bonds is 4. The van der Waals surface area contributed by atoms with Crippen LogP contribution < -0.4 is 9.46 Å². The molecule has 0 saturated carbocycles. The Kier molecular flexibility index (Phi) is 4.90. The van der Waals surface area contributed by atoms with E-state index in [0.29, 0.717) is 5.02 Å². The van der Waals surface area contributed by atoms with Gasteiger partial charge in [0.05, 0.1) is 17.8 Å². The standard InChI is InChI=1S/C15H15Cl2NO3S/c1-9-6-14(21-3)15(7-10(9)2)22(19,20)18-13-8-11(16)4-5-12(13)17/h4-8,18H,1-3H3. The van der Waals surface area contributed by atoms with E-state index >= 15 is 0 Å². The van der Waals surface area contributed by atoms with E-state index in [9.17, 15) is 8.42 Å². The molecule has 0 aliphatic carbocycles. The maximum Gasteiger partial charge on any atom is 0.265 e. The van der Waals surface area contributed by atoms with Crippen LogP contribution in [0.3, 0.4) is 0 Å². The van der Waals surface area contributed by atoms with Gasteiger partial charge in [-0.25, -0.2) is 8.42 Å². The number of hydrogen-bond donors (Lipinski definition) is 1. The molecule has 118 valence electrons. The molecule has 0 aliphatic rings. The normalized spacial score (nSPS) is 11.3. The van der Waals surface area contributed by atoms with Gasteiger partial charge in [0.1, 0.15) is 10.6 Å². The minimum absolute atomic E-state index is 0.0501. The summed E-state index contributed by atoms with van der Waals surface area (Å²) in [4.78, 5) is 0.0501. The minimum atomic E-state index is -3.85. The van der Waals surface area contributed by atoms with Crippen molar-refractivity contribution in [2.24, 2.45) is 0 Å². The molecule has 0 amide bonds. The van der Waals surface area contributed by atoms with Crippen LogP contribution in [0.25, 0.3) is 0 Å². The van der Waals surface area contributed by atoms with Crippen LogP contribution in [0.4, 0.5) is 5.69 Å². The number of nitrogens with one attached hydrogen (secondary N) is 1. The topological polar surface area (TPSA) is 55.4 Å². The summed E-state index contributed by atoms with van der Waals surface area (Å²) in [7, 11) is -2.43. The summed E-state index contributed by atoms with van der Waals surface area (Å²) in [5.41, 5.74) is 2.00. The maximum atomic E-state index is 12.6. The first-order valence-corrected chi connectivity index (χ1v) is 8.61. The molecule has 0 aliphatic heterocycles. The molecule has 0 radical (unpaired) electrons. The van der Waals surface area contributed by atoms with Crippen molar-refractivity contribution in [1.82, 2.24) is 0 Å². The van der Waals surface area contributed by atoms with Crippen molar-refractivity contribution in [1.29, 1.82) is 0 Å².